The lowest BCUT2D eigenvalue weighted by atomic mass is 9.93. The predicted octanol–water partition coefficient (Wildman–Crippen LogP) is 2.36. The largest absolute Gasteiger partial charge is 0.496 e. The molecular weight excluding hydrogens is 438 g/mol. The summed E-state index contributed by atoms with van der Waals surface area (Å²) < 4.78 is 17.9. The van der Waals surface area contributed by atoms with Crippen molar-refractivity contribution >= 4 is 12.0 Å². The molecule has 2 aromatic rings. The third-order valence-corrected chi connectivity index (χ3v) is 5.47. The van der Waals surface area contributed by atoms with Gasteiger partial charge < -0.3 is 24.8 Å². The number of aryl methyl sites for hydroxylation is 1. The van der Waals surface area contributed by atoms with Gasteiger partial charge in [0.15, 0.2) is 0 Å². The Labute approximate surface area is 199 Å². The molecule has 10 heteroatoms. The number of hydrogen-bond donors (Lipinski definition) is 2. The molecule has 2 heterocycles. The maximum atomic E-state index is 13.1. The highest BCUT2D eigenvalue weighted by Gasteiger charge is 2.34. The van der Waals surface area contributed by atoms with Crippen molar-refractivity contribution in [3.63, 3.8) is 0 Å². The molecular formula is C24H33N5O5. The van der Waals surface area contributed by atoms with Gasteiger partial charge in [0, 0.05) is 44.2 Å². The van der Waals surface area contributed by atoms with Crippen LogP contribution in [0.15, 0.2) is 41.7 Å². The van der Waals surface area contributed by atoms with Crippen molar-refractivity contribution in [1.82, 2.24) is 25.3 Å². The maximum absolute atomic E-state index is 13.1. The van der Waals surface area contributed by atoms with Crippen molar-refractivity contribution in [1.29, 1.82) is 0 Å². The van der Waals surface area contributed by atoms with Crippen LogP contribution in [-0.2, 0) is 34.0 Å². The van der Waals surface area contributed by atoms with Crippen LogP contribution in [0.2, 0.25) is 0 Å². The summed E-state index contributed by atoms with van der Waals surface area (Å²) in [6, 6.07) is 6.39. The number of urea groups is 1. The number of benzene rings is 1. The SMILES string of the molecule is CCOC(=O)C1=C(CN(C)Cc2ccn(CC)n2)NC(=O)N[C@H]1c1ccc(OC)c(COC)c1. The number of carbonyl (C=O) groups is 2. The van der Waals surface area contributed by atoms with Crippen LogP contribution < -0.4 is 15.4 Å². The molecule has 0 radical (unpaired) electrons. The monoisotopic (exact) mass is 471 g/mol. The molecule has 0 saturated heterocycles. The van der Waals surface area contributed by atoms with Crippen molar-refractivity contribution in [2.24, 2.45) is 0 Å². The molecule has 1 aliphatic heterocycles. The van der Waals surface area contributed by atoms with E-state index >= 15 is 0 Å². The summed E-state index contributed by atoms with van der Waals surface area (Å²) in [6.07, 6.45) is 1.93. The van der Waals surface area contributed by atoms with E-state index in [1.165, 1.54) is 0 Å². The fourth-order valence-electron chi connectivity index (χ4n) is 3.96. The normalized spacial score (nSPS) is 15.8. The number of esters is 1. The first-order chi connectivity index (χ1) is 16.4. The minimum atomic E-state index is -0.683. The molecule has 1 aliphatic rings. The second kappa shape index (κ2) is 11.7. The zero-order valence-electron chi connectivity index (χ0n) is 20.4. The van der Waals surface area contributed by atoms with Gasteiger partial charge in [-0.25, -0.2) is 9.59 Å². The Morgan fingerprint density at radius 3 is 2.65 bits per heavy atom. The summed E-state index contributed by atoms with van der Waals surface area (Å²) in [6.45, 7) is 6.00. The van der Waals surface area contributed by atoms with E-state index in [-0.39, 0.29) is 12.6 Å². The number of carbonyl (C=O) groups excluding carboxylic acids is 2. The van der Waals surface area contributed by atoms with E-state index in [0.29, 0.717) is 36.7 Å². The number of amides is 2. The molecule has 184 valence electrons. The lowest BCUT2D eigenvalue weighted by Crippen LogP contribution is -2.48. The Balaban J connectivity index is 1.96. The lowest BCUT2D eigenvalue weighted by Gasteiger charge is -2.31. The molecule has 1 aromatic heterocycles. The quantitative estimate of drug-likeness (QED) is 0.485. The third-order valence-electron chi connectivity index (χ3n) is 5.47. The summed E-state index contributed by atoms with van der Waals surface area (Å²) in [7, 11) is 5.09. The minimum absolute atomic E-state index is 0.220. The molecule has 0 fully saturated rings. The molecule has 0 spiro atoms. The van der Waals surface area contributed by atoms with Crippen molar-refractivity contribution in [2.45, 2.75) is 39.6 Å². The first-order valence-corrected chi connectivity index (χ1v) is 11.2. The molecule has 34 heavy (non-hydrogen) atoms. The number of hydrogen-bond acceptors (Lipinski definition) is 7. The van der Waals surface area contributed by atoms with Crippen molar-refractivity contribution in [3.05, 3.63) is 58.6 Å². The topological polar surface area (TPSA) is 107 Å². The average molecular weight is 472 g/mol. The number of nitrogens with zero attached hydrogens (tertiary/aromatic N) is 3. The van der Waals surface area contributed by atoms with Crippen LogP contribution in [0.4, 0.5) is 4.79 Å². The first-order valence-electron chi connectivity index (χ1n) is 11.2. The Hall–Kier alpha value is -3.37. The molecule has 0 bridgehead atoms. The molecule has 10 nitrogen and oxygen atoms in total. The zero-order valence-corrected chi connectivity index (χ0v) is 20.4. The van der Waals surface area contributed by atoms with Crippen molar-refractivity contribution in [2.75, 3.05) is 34.4 Å². The van der Waals surface area contributed by atoms with E-state index in [1.54, 1.807) is 27.2 Å². The van der Waals surface area contributed by atoms with Crippen molar-refractivity contribution < 1.29 is 23.8 Å². The number of likely N-dealkylation sites (N-methyl/N-ethyl adjacent to an activating group) is 1. The van der Waals surface area contributed by atoms with Gasteiger partial charge in [0.25, 0.3) is 0 Å². The molecule has 1 atom stereocenters. The van der Waals surface area contributed by atoms with Crippen LogP contribution in [0.5, 0.6) is 5.75 Å². The second-order valence-electron chi connectivity index (χ2n) is 7.98. The predicted molar refractivity (Wildman–Crippen MR) is 126 cm³/mol. The maximum Gasteiger partial charge on any atom is 0.338 e. The van der Waals surface area contributed by atoms with Gasteiger partial charge >= 0.3 is 12.0 Å². The van der Waals surface area contributed by atoms with E-state index in [1.807, 2.05) is 47.9 Å². The van der Waals surface area contributed by atoms with E-state index in [4.69, 9.17) is 14.2 Å². The molecule has 2 N–H and O–H groups in total. The zero-order chi connectivity index (χ0) is 24.7. The fourth-order valence-corrected chi connectivity index (χ4v) is 3.96. The molecule has 0 saturated carbocycles. The molecule has 2 amide bonds. The number of ether oxygens (including phenoxy) is 3. The lowest BCUT2D eigenvalue weighted by molar-refractivity contribution is -0.139. The highest BCUT2D eigenvalue weighted by atomic mass is 16.5. The Kier molecular flexibility index (Phi) is 8.67. The Bertz CT molecular complexity index is 1050. The number of rotatable bonds is 11. The van der Waals surface area contributed by atoms with E-state index in [9.17, 15) is 9.59 Å². The molecule has 1 aromatic carbocycles. The van der Waals surface area contributed by atoms with Gasteiger partial charge in [0.2, 0.25) is 0 Å². The Morgan fingerprint density at radius 2 is 2.00 bits per heavy atom. The van der Waals surface area contributed by atoms with Crippen LogP contribution in [0.3, 0.4) is 0 Å². The van der Waals surface area contributed by atoms with Crippen molar-refractivity contribution in [3.8, 4) is 5.75 Å². The van der Waals surface area contributed by atoms with Gasteiger partial charge in [-0.3, -0.25) is 9.58 Å². The van der Waals surface area contributed by atoms with Crippen LogP contribution in [-0.4, -0.2) is 61.1 Å². The summed E-state index contributed by atoms with van der Waals surface area (Å²) in [5.41, 5.74) is 3.30. The summed E-state index contributed by atoms with van der Waals surface area (Å²) in [5, 5.41) is 10.2. The molecule has 3 rings (SSSR count). The van der Waals surface area contributed by atoms with Gasteiger partial charge in [-0.2, -0.15) is 5.10 Å². The van der Waals surface area contributed by atoms with Crippen LogP contribution >= 0.6 is 0 Å². The minimum Gasteiger partial charge on any atom is -0.496 e. The van der Waals surface area contributed by atoms with Crippen LogP contribution in [0, 0.1) is 0 Å². The highest BCUT2D eigenvalue weighted by Crippen LogP contribution is 2.31. The highest BCUT2D eigenvalue weighted by molar-refractivity contribution is 5.95. The smallest absolute Gasteiger partial charge is 0.338 e. The molecule has 0 unspecified atom stereocenters. The first kappa shape index (κ1) is 25.3. The fraction of sp³-hybridized carbons (Fsp3) is 0.458. The summed E-state index contributed by atoms with van der Waals surface area (Å²) >= 11 is 0. The van der Waals surface area contributed by atoms with Crippen LogP contribution in [0.25, 0.3) is 0 Å². The number of nitrogens with one attached hydrogen (secondary N) is 2. The van der Waals surface area contributed by atoms with E-state index < -0.39 is 12.0 Å². The van der Waals surface area contributed by atoms with Gasteiger partial charge in [0.05, 0.1) is 37.6 Å². The van der Waals surface area contributed by atoms with E-state index in [0.717, 1.165) is 23.4 Å². The second-order valence-corrected chi connectivity index (χ2v) is 7.98. The van der Waals surface area contributed by atoms with E-state index in [2.05, 4.69) is 15.7 Å². The van der Waals surface area contributed by atoms with Gasteiger partial charge in [-0.05, 0) is 44.7 Å². The van der Waals surface area contributed by atoms with Gasteiger partial charge in [-0.1, -0.05) is 6.07 Å². The molecule has 0 aliphatic carbocycles. The standard InChI is InChI=1S/C24H33N5O5/c1-6-29-11-10-18(27-29)13-28(3)14-19-21(23(30)34-7-2)22(26-24(31)25-19)16-8-9-20(33-5)17(12-16)15-32-4/h8-12,22H,6-7,13-15H2,1-5H3,(H2,25,26,31)/t22-/m0/s1. The Morgan fingerprint density at radius 1 is 1.21 bits per heavy atom. The van der Waals surface area contributed by atoms with Gasteiger partial charge in [-0.15, -0.1) is 0 Å². The van der Waals surface area contributed by atoms with Crippen LogP contribution in [0.1, 0.15) is 36.7 Å². The third kappa shape index (κ3) is 5.95. The average Bonchev–Trinajstić information content (AvgIpc) is 3.26. The number of aromatic nitrogens is 2. The summed E-state index contributed by atoms with van der Waals surface area (Å²) in [5.74, 6) is 0.182. The van der Waals surface area contributed by atoms with Gasteiger partial charge in [0.1, 0.15) is 5.75 Å². The summed E-state index contributed by atoms with van der Waals surface area (Å²) in [4.78, 5) is 27.7. The number of methoxy groups -OCH3 is 2.